The molecule has 6 heteroatoms. The lowest BCUT2D eigenvalue weighted by molar-refractivity contribution is 0.0699. The van der Waals surface area contributed by atoms with E-state index in [0.717, 1.165) is 45.4 Å². The fraction of sp³-hybridized carbons (Fsp3) is 0.412. The van der Waals surface area contributed by atoms with Crippen molar-refractivity contribution in [2.75, 3.05) is 11.9 Å². The highest BCUT2D eigenvalue weighted by molar-refractivity contribution is 7.16. The van der Waals surface area contributed by atoms with Gasteiger partial charge in [0.2, 0.25) is 0 Å². The van der Waals surface area contributed by atoms with E-state index in [1.807, 2.05) is 38.3 Å². The molecular formula is C17H21N3O2S. The van der Waals surface area contributed by atoms with Crippen molar-refractivity contribution in [3.8, 4) is 0 Å². The van der Waals surface area contributed by atoms with Crippen LogP contribution in [0.1, 0.15) is 36.8 Å². The molecule has 23 heavy (non-hydrogen) atoms. The van der Waals surface area contributed by atoms with Crippen LogP contribution in [0.15, 0.2) is 21.9 Å². The van der Waals surface area contributed by atoms with E-state index in [-0.39, 0.29) is 0 Å². The number of nitrogens with zero attached hydrogens (tertiary/aromatic N) is 2. The van der Waals surface area contributed by atoms with E-state index in [1.54, 1.807) is 18.3 Å². The van der Waals surface area contributed by atoms with Crippen LogP contribution in [-0.4, -0.2) is 21.6 Å². The topological polar surface area (TPSA) is 71.2 Å². The van der Waals surface area contributed by atoms with Crippen LogP contribution in [0.2, 0.25) is 0 Å². The Morgan fingerprint density at radius 1 is 1.35 bits per heavy atom. The van der Waals surface area contributed by atoms with E-state index < -0.39 is 5.60 Å². The van der Waals surface area contributed by atoms with Crippen molar-refractivity contribution in [3.63, 3.8) is 0 Å². The second-order valence-corrected chi connectivity index (χ2v) is 6.83. The number of aliphatic hydroxyl groups is 1. The number of aryl methyl sites for hydroxylation is 3. The van der Waals surface area contributed by atoms with Gasteiger partial charge in [-0.3, -0.25) is 0 Å². The van der Waals surface area contributed by atoms with Gasteiger partial charge in [-0.05, 0) is 38.3 Å². The van der Waals surface area contributed by atoms with E-state index in [9.17, 15) is 5.11 Å². The molecule has 0 saturated heterocycles. The van der Waals surface area contributed by atoms with Crippen LogP contribution in [0.3, 0.4) is 0 Å². The zero-order chi connectivity index (χ0) is 16.6. The fourth-order valence-electron chi connectivity index (χ4n) is 2.71. The predicted molar refractivity (Wildman–Crippen MR) is 93.0 cm³/mol. The summed E-state index contributed by atoms with van der Waals surface area (Å²) >= 11 is 1.60. The van der Waals surface area contributed by atoms with Crippen molar-refractivity contribution in [2.45, 2.75) is 39.7 Å². The molecule has 3 aromatic heterocycles. The largest absolute Gasteiger partial charge is 0.466 e. The van der Waals surface area contributed by atoms with E-state index in [1.165, 1.54) is 0 Å². The summed E-state index contributed by atoms with van der Waals surface area (Å²) in [5.41, 5.74) is -0.240. The second kappa shape index (κ2) is 5.94. The molecule has 3 aromatic rings. The molecule has 0 aliphatic rings. The number of anilines is 1. The van der Waals surface area contributed by atoms with Gasteiger partial charge in [-0.25, -0.2) is 9.97 Å². The Bertz CT molecular complexity index is 836. The Labute approximate surface area is 139 Å². The molecule has 0 amide bonds. The zero-order valence-corrected chi connectivity index (χ0v) is 14.6. The number of hydrogen-bond donors (Lipinski definition) is 2. The van der Waals surface area contributed by atoms with Gasteiger partial charge in [0.15, 0.2) is 0 Å². The number of hydrogen-bond acceptors (Lipinski definition) is 6. The number of rotatable bonds is 5. The molecule has 0 spiro atoms. The van der Waals surface area contributed by atoms with Crippen molar-refractivity contribution < 1.29 is 9.52 Å². The third-order valence-electron chi connectivity index (χ3n) is 3.91. The first-order chi connectivity index (χ1) is 10.9. The minimum Gasteiger partial charge on any atom is -0.466 e. The van der Waals surface area contributed by atoms with Gasteiger partial charge in [0, 0.05) is 18.5 Å². The first-order valence-electron chi connectivity index (χ1n) is 7.68. The highest BCUT2D eigenvalue weighted by Crippen LogP contribution is 2.29. The monoisotopic (exact) mass is 331 g/mol. The van der Waals surface area contributed by atoms with Crippen molar-refractivity contribution in [3.05, 3.63) is 40.4 Å². The third-order valence-corrected chi connectivity index (χ3v) is 4.72. The maximum absolute atomic E-state index is 10.8. The average Bonchev–Trinajstić information content (AvgIpc) is 3.10. The van der Waals surface area contributed by atoms with Gasteiger partial charge in [0.1, 0.15) is 33.6 Å². The molecule has 5 nitrogen and oxygen atoms in total. The molecular weight excluding hydrogens is 310 g/mol. The summed E-state index contributed by atoms with van der Waals surface area (Å²) in [4.78, 5) is 10.1. The molecule has 0 bridgehead atoms. The van der Waals surface area contributed by atoms with Gasteiger partial charge < -0.3 is 14.8 Å². The average molecular weight is 331 g/mol. The molecule has 3 rings (SSSR count). The minimum absolute atomic E-state index is 0.345. The molecule has 2 N–H and O–H groups in total. The molecule has 0 aliphatic carbocycles. The third kappa shape index (κ3) is 3.09. The number of nitrogens with one attached hydrogen (secondary N) is 1. The number of thiophene rings is 1. The van der Waals surface area contributed by atoms with Crippen molar-refractivity contribution in [2.24, 2.45) is 0 Å². The summed E-state index contributed by atoms with van der Waals surface area (Å²) in [6, 6.07) is 3.89. The first-order valence-corrected chi connectivity index (χ1v) is 8.56. The van der Waals surface area contributed by atoms with Crippen LogP contribution in [0.25, 0.3) is 10.2 Å². The molecule has 122 valence electrons. The van der Waals surface area contributed by atoms with E-state index >= 15 is 0 Å². The summed E-state index contributed by atoms with van der Waals surface area (Å²) in [5, 5.41) is 17.1. The van der Waals surface area contributed by atoms with Crippen molar-refractivity contribution >= 4 is 27.4 Å². The van der Waals surface area contributed by atoms with Gasteiger partial charge in [-0.1, -0.05) is 6.92 Å². The minimum atomic E-state index is -1.04. The Balaban J connectivity index is 1.88. The Morgan fingerprint density at radius 2 is 2.13 bits per heavy atom. The number of aromatic nitrogens is 2. The van der Waals surface area contributed by atoms with Gasteiger partial charge in [-0.15, -0.1) is 11.3 Å². The lowest BCUT2D eigenvalue weighted by Gasteiger charge is -2.24. The van der Waals surface area contributed by atoms with E-state index in [4.69, 9.17) is 4.42 Å². The maximum Gasteiger partial charge on any atom is 0.138 e. The summed E-state index contributed by atoms with van der Waals surface area (Å²) in [7, 11) is 0. The highest BCUT2D eigenvalue weighted by atomic mass is 32.1. The molecule has 0 aromatic carbocycles. The standard InChI is InChI=1S/C17H21N3O2S/c1-5-14-19-15(12-6-7-23-16(12)20-14)18-9-17(4,21)13-8-10(2)22-11(13)3/h6-8,21H,5,9H2,1-4H3,(H,18,19,20). The normalized spacial score (nSPS) is 14.1. The lowest BCUT2D eigenvalue weighted by atomic mass is 9.96. The van der Waals surface area contributed by atoms with E-state index in [0.29, 0.717) is 6.54 Å². The molecule has 0 radical (unpaired) electrons. The van der Waals surface area contributed by atoms with Crippen LogP contribution < -0.4 is 5.32 Å². The Morgan fingerprint density at radius 3 is 2.78 bits per heavy atom. The number of furan rings is 1. The molecule has 0 fully saturated rings. The van der Waals surface area contributed by atoms with Crippen molar-refractivity contribution in [1.82, 2.24) is 9.97 Å². The highest BCUT2D eigenvalue weighted by Gasteiger charge is 2.28. The van der Waals surface area contributed by atoms with Gasteiger partial charge >= 0.3 is 0 Å². The second-order valence-electron chi connectivity index (χ2n) is 5.94. The predicted octanol–water partition coefficient (Wildman–Crippen LogP) is 3.78. The summed E-state index contributed by atoms with van der Waals surface area (Å²) in [5.74, 6) is 3.11. The zero-order valence-electron chi connectivity index (χ0n) is 13.8. The molecule has 0 aliphatic heterocycles. The maximum atomic E-state index is 10.8. The van der Waals surface area contributed by atoms with Gasteiger partial charge in [0.25, 0.3) is 0 Å². The lowest BCUT2D eigenvalue weighted by Crippen LogP contribution is -2.31. The van der Waals surface area contributed by atoms with Crippen LogP contribution in [0.5, 0.6) is 0 Å². The molecule has 1 unspecified atom stereocenters. The van der Waals surface area contributed by atoms with E-state index in [2.05, 4.69) is 15.3 Å². The first kappa shape index (κ1) is 16.0. The summed E-state index contributed by atoms with van der Waals surface area (Å²) in [6.45, 7) is 7.91. The fourth-order valence-corrected chi connectivity index (χ4v) is 3.49. The Hall–Kier alpha value is -1.92. The van der Waals surface area contributed by atoms with Gasteiger partial charge in [-0.2, -0.15) is 0 Å². The van der Waals surface area contributed by atoms with Crippen LogP contribution in [0.4, 0.5) is 5.82 Å². The Kier molecular flexibility index (Phi) is 4.12. The van der Waals surface area contributed by atoms with Crippen molar-refractivity contribution in [1.29, 1.82) is 0 Å². The number of fused-ring (bicyclic) bond motifs is 1. The van der Waals surface area contributed by atoms with Gasteiger partial charge in [0.05, 0.1) is 5.39 Å². The SMILES string of the molecule is CCc1nc(NCC(C)(O)c2cc(C)oc2C)c2ccsc2n1. The quantitative estimate of drug-likeness (QED) is 0.744. The van der Waals surface area contributed by atoms with Crippen LogP contribution in [-0.2, 0) is 12.0 Å². The smallest absolute Gasteiger partial charge is 0.138 e. The summed E-state index contributed by atoms with van der Waals surface area (Å²) in [6.07, 6.45) is 0.777. The molecule has 3 heterocycles. The van der Waals surface area contributed by atoms with Crippen LogP contribution in [0, 0.1) is 13.8 Å². The summed E-state index contributed by atoms with van der Waals surface area (Å²) < 4.78 is 5.54. The van der Waals surface area contributed by atoms with Crippen LogP contribution >= 0.6 is 11.3 Å². The molecule has 1 atom stereocenters. The molecule has 0 saturated carbocycles.